The average molecular weight is 554 g/mol. The molecular formula is C28H27NO9S. The van der Waals surface area contributed by atoms with Gasteiger partial charge in [0.25, 0.3) is 0 Å². The summed E-state index contributed by atoms with van der Waals surface area (Å²) in [6.07, 6.45) is 0. The lowest BCUT2D eigenvalue weighted by molar-refractivity contribution is -0.141. The monoisotopic (exact) mass is 553 g/mol. The predicted molar refractivity (Wildman–Crippen MR) is 138 cm³/mol. The van der Waals surface area contributed by atoms with E-state index in [1.165, 1.54) is 33.5 Å². The van der Waals surface area contributed by atoms with Crippen molar-refractivity contribution >= 4 is 16.0 Å². The van der Waals surface area contributed by atoms with E-state index >= 15 is 0 Å². The topological polar surface area (TPSA) is 119 Å². The van der Waals surface area contributed by atoms with Gasteiger partial charge in [-0.25, -0.2) is 13.1 Å². The molecule has 0 radical (unpaired) electrons. The van der Waals surface area contributed by atoms with E-state index in [4.69, 9.17) is 28.4 Å². The summed E-state index contributed by atoms with van der Waals surface area (Å²) in [6, 6.07) is 14.6. The molecule has 1 saturated heterocycles. The van der Waals surface area contributed by atoms with Crippen LogP contribution in [0.15, 0.2) is 59.5 Å². The smallest absolute Gasteiger partial charge is 0.310 e. The molecule has 3 aromatic rings. The number of fused-ring (bicyclic) bond motifs is 3. The summed E-state index contributed by atoms with van der Waals surface area (Å²) in [6.45, 7) is 0.0999. The molecule has 204 valence electrons. The fourth-order valence-corrected chi connectivity index (χ4v) is 7.12. The quantitative estimate of drug-likeness (QED) is 0.439. The maximum Gasteiger partial charge on any atom is 0.310 e. The molecule has 0 unspecified atom stereocenters. The number of rotatable bonds is 7. The highest BCUT2D eigenvalue weighted by atomic mass is 32.2. The number of ether oxygens (including phenoxy) is 6. The van der Waals surface area contributed by atoms with Crippen LogP contribution in [0.2, 0.25) is 0 Å². The second kappa shape index (κ2) is 9.65. The van der Waals surface area contributed by atoms with E-state index in [1.54, 1.807) is 36.4 Å². The van der Waals surface area contributed by atoms with Gasteiger partial charge in [-0.05, 0) is 53.1 Å². The van der Waals surface area contributed by atoms with Crippen molar-refractivity contribution in [1.82, 2.24) is 4.72 Å². The number of carbonyl (C=O) groups excluding carboxylic acids is 1. The molecular weight excluding hydrogens is 526 g/mol. The van der Waals surface area contributed by atoms with E-state index < -0.39 is 39.8 Å². The van der Waals surface area contributed by atoms with Gasteiger partial charge in [-0.2, -0.15) is 0 Å². The molecule has 11 heteroatoms. The standard InChI is InChI=1S/C28H27NO9S/c1-33-22-9-15(10-23(34-2)27(22)35-3)24-17-11-20-21(38-14-37-20)12-18(17)26(19-13-36-28(30)25(19)24)29-39(31,32)16-7-5-4-6-8-16/h4-12,19,24-26,29H,13-14H2,1-3H3/t19-,24+,25-,26+/m0/s1. The van der Waals surface area contributed by atoms with E-state index in [1.807, 2.05) is 6.07 Å². The highest BCUT2D eigenvalue weighted by molar-refractivity contribution is 7.89. The Balaban J connectivity index is 1.55. The lowest BCUT2D eigenvalue weighted by atomic mass is 9.65. The van der Waals surface area contributed by atoms with Crippen molar-refractivity contribution < 1.29 is 41.6 Å². The minimum absolute atomic E-state index is 0.0440. The third-order valence-electron chi connectivity index (χ3n) is 7.57. The molecule has 10 nitrogen and oxygen atoms in total. The lowest BCUT2D eigenvalue weighted by Gasteiger charge is -2.39. The minimum Gasteiger partial charge on any atom is -0.493 e. The molecule has 0 saturated carbocycles. The van der Waals surface area contributed by atoms with Crippen LogP contribution in [-0.2, 0) is 19.6 Å². The van der Waals surface area contributed by atoms with Gasteiger partial charge in [0.05, 0.1) is 44.8 Å². The molecule has 0 aromatic heterocycles. The van der Waals surface area contributed by atoms with Crippen LogP contribution >= 0.6 is 0 Å². The van der Waals surface area contributed by atoms with Gasteiger partial charge in [0.1, 0.15) is 0 Å². The molecule has 0 bridgehead atoms. The number of carbonyl (C=O) groups is 1. The number of methoxy groups -OCH3 is 3. The van der Waals surface area contributed by atoms with Gasteiger partial charge in [-0.1, -0.05) is 18.2 Å². The Kier molecular flexibility index (Phi) is 6.27. The van der Waals surface area contributed by atoms with Crippen molar-refractivity contribution in [2.45, 2.75) is 16.9 Å². The Labute approximate surface area is 225 Å². The zero-order valence-electron chi connectivity index (χ0n) is 21.5. The van der Waals surface area contributed by atoms with Crippen molar-refractivity contribution in [2.75, 3.05) is 34.7 Å². The SMILES string of the molecule is COc1cc([C@@H]2c3cc4c(cc3[C@@H](NS(=O)(=O)c3ccccc3)[C@H]3COC(=O)[C@H]23)OCO4)cc(OC)c1OC. The molecule has 0 spiro atoms. The van der Waals surface area contributed by atoms with E-state index in [2.05, 4.69) is 4.72 Å². The number of hydrogen-bond donors (Lipinski definition) is 1. The van der Waals surface area contributed by atoms with Gasteiger partial charge in [-0.3, -0.25) is 4.79 Å². The highest BCUT2D eigenvalue weighted by Crippen LogP contribution is 2.55. The van der Waals surface area contributed by atoms with Gasteiger partial charge in [-0.15, -0.1) is 0 Å². The van der Waals surface area contributed by atoms with Crippen LogP contribution < -0.4 is 28.4 Å². The Bertz CT molecular complexity index is 1520. The third-order valence-corrected chi connectivity index (χ3v) is 9.03. The largest absolute Gasteiger partial charge is 0.493 e. The first-order valence-electron chi connectivity index (χ1n) is 12.3. The first-order chi connectivity index (χ1) is 18.9. The molecule has 3 aliphatic rings. The second-order valence-corrected chi connectivity index (χ2v) is 11.2. The Hall–Kier alpha value is -3.96. The summed E-state index contributed by atoms with van der Waals surface area (Å²) in [4.78, 5) is 13.4. The number of nitrogens with one attached hydrogen (secondary N) is 1. The third kappa shape index (κ3) is 4.12. The highest BCUT2D eigenvalue weighted by Gasteiger charge is 2.53. The molecule has 4 atom stereocenters. The van der Waals surface area contributed by atoms with Crippen molar-refractivity contribution in [1.29, 1.82) is 0 Å². The molecule has 0 amide bonds. The van der Waals surface area contributed by atoms with Crippen LogP contribution in [0, 0.1) is 11.8 Å². The summed E-state index contributed by atoms with van der Waals surface area (Å²) in [5.41, 5.74) is 2.12. The maximum absolute atomic E-state index is 13.5. The normalized spacial score (nSPS) is 23.0. The van der Waals surface area contributed by atoms with Crippen molar-refractivity contribution in [3.63, 3.8) is 0 Å². The van der Waals surface area contributed by atoms with Crippen LogP contribution in [0.25, 0.3) is 0 Å². The van der Waals surface area contributed by atoms with Crippen molar-refractivity contribution in [3.05, 3.63) is 71.3 Å². The van der Waals surface area contributed by atoms with Crippen molar-refractivity contribution in [3.8, 4) is 28.7 Å². The van der Waals surface area contributed by atoms with E-state index in [0.717, 1.165) is 11.1 Å². The number of hydrogen-bond acceptors (Lipinski definition) is 9. The summed E-state index contributed by atoms with van der Waals surface area (Å²) in [5, 5.41) is 0. The molecule has 3 aromatic carbocycles. The van der Waals surface area contributed by atoms with Crippen LogP contribution in [-0.4, -0.2) is 49.1 Å². The maximum atomic E-state index is 13.5. The number of cyclic esters (lactones) is 1. The summed E-state index contributed by atoms with van der Waals surface area (Å²) < 4.78 is 63.4. The molecule has 1 fully saturated rings. The van der Waals surface area contributed by atoms with E-state index in [9.17, 15) is 13.2 Å². The molecule has 2 heterocycles. The number of benzene rings is 3. The van der Waals surface area contributed by atoms with Crippen LogP contribution in [0.3, 0.4) is 0 Å². The first kappa shape index (κ1) is 25.3. The van der Waals surface area contributed by atoms with E-state index in [0.29, 0.717) is 34.3 Å². The first-order valence-corrected chi connectivity index (χ1v) is 13.8. The number of sulfonamides is 1. The zero-order chi connectivity index (χ0) is 27.3. The van der Waals surface area contributed by atoms with Gasteiger partial charge < -0.3 is 28.4 Å². The van der Waals surface area contributed by atoms with E-state index in [-0.39, 0.29) is 18.3 Å². The molecule has 1 aliphatic carbocycles. The Morgan fingerprint density at radius 3 is 2.10 bits per heavy atom. The van der Waals surface area contributed by atoms with Crippen molar-refractivity contribution in [2.24, 2.45) is 11.8 Å². The van der Waals surface area contributed by atoms with Gasteiger partial charge in [0.2, 0.25) is 22.6 Å². The summed E-state index contributed by atoms with van der Waals surface area (Å²) in [7, 11) is 0.633. The molecule has 2 aliphatic heterocycles. The summed E-state index contributed by atoms with van der Waals surface area (Å²) in [5.74, 6) is 0.201. The average Bonchev–Trinajstić information content (AvgIpc) is 3.58. The Morgan fingerprint density at radius 2 is 1.49 bits per heavy atom. The zero-order valence-corrected chi connectivity index (χ0v) is 22.3. The van der Waals surface area contributed by atoms with Gasteiger partial charge >= 0.3 is 5.97 Å². The van der Waals surface area contributed by atoms with Gasteiger partial charge in [0.15, 0.2) is 23.0 Å². The molecule has 39 heavy (non-hydrogen) atoms. The van der Waals surface area contributed by atoms with Crippen LogP contribution in [0.5, 0.6) is 28.7 Å². The fraction of sp³-hybridized carbons (Fsp3) is 0.321. The van der Waals surface area contributed by atoms with Crippen LogP contribution in [0.4, 0.5) is 0 Å². The summed E-state index contributed by atoms with van der Waals surface area (Å²) >= 11 is 0. The molecule has 6 rings (SSSR count). The number of esters is 1. The Morgan fingerprint density at radius 1 is 0.846 bits per heavy atom. The molecule has 1 N–H and O–H groups in total. The van der Waals surface area contributed by atoms with Gasteiger partial charge in [0, 0.05) is 11.8 Å². The van der Waals surface area contributed by atoms with Crippen LogP contribution in [0.1, 0.15) is 28.7 Å². The fourth-order valence-electron chi connectivity index (χ4n) is 5.83. The minimum atomic E-state index is -3.93. The predicted octanol–water partition coefficient (Wildman–Crippen LogP) is 3.40. The second-order valence-electron chi connectivity index (χ2n) is 9.50. The lowest BCUT2D eigenvalue weighted by Crippen LogP contribution is -2.42.